The third kappa shape index (κ3) is 1.39. The third-order valence-electron chi connectivity index (χ3n) is 1.51. The first-order chi connectivity index (χ1) is 5.40. The standard InChI is InChI=1S/C8H7INS/c1-9-6-2-3-8-7(4-6)10-5-11-8/h2-5H,1H3/q-1. The summed E-state index contributed by atoms with van der Waals surface area (Å²) >= 11 is 1.93. The number of aromatic nitrogens is 1. The number of nitrogens with zero attached hydrogens (tertiary/aromatic N) is 1. The van der Waals surface area contributed by atoms with Crippen molar-refractivity contribution in [1.29, 1.82) is 0 Å². The van der Waals surface area contributed by atoms with Gasteiger partial charge < -0.3 is 0 Å². The number of benzene rings is 1. The van der Waals surface area contributed by atoms with Crippen molar-refractivity contribution in [2.75, 3.05) is 4.93 Å². The van der Waals surface area contributed by atoms with Gasteiger partial charge in [0, 0.05) is 0 Å². The van der Waals surface area contributed by atoms with E-state index >= 15 is 0 Å². The maximum atomic E-state index is 4.26. The first-order valence-electron chi connectivity index (χ1n) is 3.23. The molecule has 0 spiro atoms. The van der Waals surface area contributed by atoms with E-state index in [0.29, 0.717) is 0 Å². The van der Waals surface area contributed by atoms with Gasteiger partial charge >= 0.3 is 80.0 Å². The van der Waals surface area contributed by atoms with Gasteiger partial charge in [0.1, 0.15) is 0 Å². The minimum atomic E-state index is 0.218. The van der Waals surface area contributed by atoms with Crippen molar-refractivity contribution in [3.63, 3.8) is 0 Å². The molecular formula is C8H7INS-. The summed E-state index contributed by atoms with van der Waals surface area (Å²) in [5.41, 5.74) is 3.07. The topological polar surface area (TPSA) is 12.9 Å². The van der Waals surface area contributed by atoms with Gasteiger partial charge in [-0.3, -0.25) is 0 Å². The van der Waals surface area contributed by atoms with Gasteiger partial charge in [0.05, 0.1) is 0 Å². The van der Waals surface area contributed by atoms with Crippen molar-refractivity contribution in [1.82, 2.24) is 4.98 Å². The van der Waals surface area contributed by atoms with Crippen LogP contribution in [0.2, 0.25) is 0 Å². The Kier molecular flexibility index (Phi) is 2.09. The van der Waals surface area contributed by atoms with Crippen LogP contribution in [0.5, 0.6) is 0 Å². The van der Waals surface area contributed by atoms with Gasteiger partial charge in [-0.05, 0) is 0 Å². The van der Waals surface area contributed by atoms with Crippen molar-refractivity contribution < 1.29 is 21.2 Å². The first kappa shape index (κ1) is 7.49. The van der Waals surface area contributed by atoms with Crippen LogP contribution in [-0.2, 0) is 0 Å². The van der Waals surface area contributed by atoms with E-state index in [1.54, 1.807) is 11.3 Å². The monoisotopic (exact) mass is 276 g/mol. The quantitative estimate of drug-likeness (QED) is 0.490. The minimum absolute atomic E-state index is 0.218. The second kappa shape index (κ2) is 3.06. The van der Waals surface area contributed by atoms with Crippen LogP contribution in [0.4, 0.5) is 0 Å². The van der Waals surface area contributed by atoms with Crippen molar-refractivity contribution in [3.05, 3.63) is 27.3 Å². The fourth-order valence-corrected chi connectivity index (χ4v) is 2.75. The molecule has 0 amide bonds. The van der Waals surface area contributed by atoms with Gasteiger partial charge in [0.15, 0.2) is 0 Å². The van der Waals surface area contributed by atoms with Crippen LogP contribution in [0.3, 0.4) is 0 Å². The van der Waals surface area contributed by atoms with Crippen LogP contribution in [0.25, 0.3) is 10.2 Å². The molecule has 0 aliphatic heterocycles. The molecule has 1 nitrogen and oxygen atoms in total. The van der Waals surface area contributed by atoms with Gasteiger partial charge in [-0.15, -0.1) is 0 Å². The van der Waals surface area contributed by atoms with Gasteiger partial charge in [0.25, 0.3) is 0 Å². The molecule has 0 unspecified atom stereocenters. The van der Waals surface area contributed by atoms with E-state index in [9.17, 15) is 0 Å². The molecule has 0 fully saturated rings. The molecule has 0 atom stereocenters. The van der Waals surface area contributed by atoms with Crippen LogP contribution in [-0.4, -0.2) is 9.91 Å². The Balaban J connectivity index is 2.67. The van der Waals surface area contributed by atoms with E-state index in [4.69, 9.17) is 0 Å². The Hall–Kier alpha value is -0.160. The number of alkyl halides is 1. The summed E-state index contributed by atoms with van der Waals surface area (Å²) in [6.07, 6.45) is 0. The molecule has 2 rings (SSSR count). The zero-order valence-corrected chi connectivity index (χ0v) is 9.02. The molecule has 0 N–H and O–H groups in total. The normalized spacial score (nSPS) is 11.0. The zero-order chi connectivity index (χ0) is 7.68. The molecule has 11 heavy (non-hydrogen) atoms. The van der Waals surface area contributed by atoms with Gasteiger partial charge in [-0.25, -0.2) is 0 Å². The van der Waals surface area contributed by atoms with Crippen LogP contribution in [0.15, 0.2) is 23.7 Å². The van der Waals surface area contributed by atoms with Crippen LogP contribution in [0, 0.1) is 3.57 Å². The van der Waals surface area contributed by atoms with Crippen molar-refractivity contribution in [2.45, 2.75) is 0 Å². The van der Waals surface area contributed by atoms with E-state index in [1.807, 2.05) is 5.51 Å². The average Bonchev–Trinajstić information content (AvgIpc) is 2.50. The number of hydrogen-bond acceptors (Lipinski definition) is 2. The van der Waals surface area contributed by atoms with Crippen LogP contribution in [0.1, 0.15) is 0 Å². The Morgan fingerprint density at radius 3 is 3.18 bits per heavy atom. The summed E-state index contributed by atoms with van der Waals surface area (Å²) < 4.78 is 2.77. The molecule has 0 bridgehead atoms. The van der Waals surface area contributed by atoms with E-state index in [2.05, 4.69) is 28.1 Å². The van der Waals surface area contributed by atoms with E-state index in [0.717, 1.165) is 5.52 Å². The molecule has 0 aliphatic carbocycles. The van der Waals surface area contributed by atoms with Gasteiger partial charge in [-0.1, -0.05) is 0 Å². The maximum absolute atomic E-state index is 4.26. The van der Waals surface area contributed by atoms with Crippen LogP contribution < -0.4 is 21.2 Å². The Bertz CT molecular complexity index is 369. The molecule has 58 valence electrons. The van der Waals surface area contributed by atoms with E-state index in [-0.39, 0.29) is 21.2 Å². The van der Waals surface area contributed by atoms with Crippen LogP contribution >= 0.6 is 11.3 Å². The number of thiazole rings is 1. The molecule has 1 aromatic carbocycles. The summed E-state index contributed by atoms with van der Waals surface area (Å²) in [4.78, 5) is 6.53. The van der Waals surface area contributed by atoms with E-state index in [1.165, 1.54) is 8.27 Å². The van der Waals surface area contributed by atoms with Crippen molar-refractivity contribution in [3.8, 4) is 0 Å². The number of halogens is 1. The molecular weight excluding hydrogens is 269 g/mol. The third-order valence-corrected chi connectivity index (χ3v) is 4.24. The fraction of sp³-hybridized carbons (Fsp3) is 0.125. The summed E-state index contributed by atoms with van der Waals surface area (Å²) in [7, 11) is 0. The van der Waals surface area contributed by atoms with Crippen molar-refractivity contribution in [2.24, 2.45) is 0 Å². The molecule has 0 radical (unpaired) electrons. The predicted molar refractivity (Wildman–Crippen MR) is 44.2 cm³/mol. The Labute approximate surface area is 79.7 Å². The second-order valence-corrected chi connectivity index (χ2v) is 5.36. The molecule has 3 heteroatoms. The Morgan fingerprint density at radius 1 is 1.45 bits per heavy atom. The number of rotatable bonds is 1. The summed E-state index contributed by atoms with van der Waals surface area (Å²) in [6, 6.07) is 6.60. The summed E-state index contributed by atoms with van der Waals surface area (Å²) in [6.45, 7) is 0. The molecule has 0 aliphatic rings. The number of hydrogen-bond donors (Lipinski definition) is 0. The Morgan fingerprint density at radius 2 is 2.36 bits per heavy atom. The van der Waals surface area contributed by atoms with Gasteiger partial charge in [0.2, 0.25) is 0 Å². The van der Waals surface area contributed by atoms with Gasteiger partial charge in [-0.2, -0.15) is 0 Å². The SMILES string of the molecule is C[I-]c1ccc2scnc2c1. The molecule has 0 saturated heterocycles. The fourth-order valence-electron chi connectivity index (χ4n) is 0.949. The summed E-state index contributed by atoms with van der Waals surface area (Å²) in [5.74, 6) is 0. The molecule has 1 heterocycles. The average molecular weight is 276 g/mol. The number of fused-ring (bicyclic) bond motifs is 1. The molecule has 0 saturated carbocycles. The summed E-state index contributed by atoms with van der Waals surface area (Å²) in [5, 5.41) is 0. The zero-order valence-electron chi connectivity index (χ0n) is 6.04. The molecule has 2 aromatic rings. The van der Waals surface area contributed by atoms with E-state index < -0.39 is 0 Å². The first-order valence-corrected chi connectivity index (χ1v) is 7.34. The predicted octanol–water partition coefficient (Wildman–Crippen LogP) is -0.815. The second-order valence-electron chi connectivity index (χ2n) is 2.15. The molecule has 1 aromatic heterocycles. The van der Waals surface area contributed by atoms with Crippen molar-refractivity contribution >= 4 is 21.6 Å².